The monoisotopic (exact) mass is 371 g/mol. The number of hydrogen-bond donors (Lipinski definition) is 2. The molecular formula is C20H22FN3O3. The van der Waals surface area contributed by atoms with Gasteiger partial charge in [0.2, 0.25) is 5.91 Å². The lowest BCUT2D eigenvalue weighted by Crippen LogP contribution is -2.43. The molecule has 1 saturated heterocycles. The fraction of sp³-hybridized carbons (Fsp3) is 0.300. The molecule has 142 valence electrons. The van der Waals surface area contributed by atoms with Crippen LogP contribution < -0.4 is 20.3 Å². The first kappa shape index (κ1) is 18.7. The summed E-state index contributed by atoms with van der Waals surface area (Å²) in [5.74, 6) is 0.396. The molecule has 7 heteroatoms. The van der Waals surface area contributed by atoms with Crippen LogP contribution in [0.25, 0.3) is 0 Å². The summed E-state index contributed by atoms with van der Waals surface area (Å²) >= 11 is 0. The number of rotatable bonds is 6. The molecule has 2 aromatic rings. The van der Waals surface area contributed by atoms with Gasteiger partial charge >= 0.3 is 6.03 Å². The molecule has 3 amide bonds. The van der Waals surface area contributed by atoms with E-state index in [9.17, 15) is 14.0 Å². The number of anilines is 1. The van der Waals surface area contributed by atoms with Gasteiger partial charge in [0.25, 0.3) is 0 Å². The van der Waals surface area contributed by atoms with Crippen molar-refractivity contribution in [2.75, 3.05) is 18.1 Å². The van der Waals surface area contributed by atoms with Gasteiger partial charge < -0.3 is 20.3 Å². The quantitative estimate of drug-likeness (QED) is 0.820. The lowest BCUT2D eigenvalue weighted by Gasteiger charge is -2.18. The largest absolute Gasteiger partial charge is 0.494 e. The smallest absolute Gasteiger partial charge is 0.315 e. The molecule has 1 unspecified atom stereocenters. The molecule has 1 fully saturated rings. The number of hydrogen-bond acceptors (Lipinski definition) is 3. The van der Waals surface area contributed by atoms with Gasteiger partial charge in [0.1, 0.15) is 11.6 Å². The van der Waals surface area contributed by atoms with Crippen LogP contribution in [0.2, 0.25) is 0 Å². The molecule has 27 heavy (non-hydrogen) atoms. The Kier molecular flexibility index (Phi) is 5.90. The van der Waals surface area contributed by atoms with Gasteiger partial charge in [-0.15, -0.1) is 0 Å². The highest BCUT2D eigenvalue weighted by molar-refractivity contribution is 5.96. The molecule has 0 radical (unpaired) electrons. The summed E-state index contributed by atoms with van der Waals surface area (Å²) in [6, 6.07) is 12.6. The molecule has 0 aromatic heterocycles. The van der Waals surface area contributed by atoms with Crippen LogP contribution in [0.3, 0.4) is 0 Å². The van der Waals surface area contributed by atoms with Crippen LogP contribution in [0.4, 0.5) is 14.9 Å². The minimum absolute atomic E-state index is 0.0389. The van der Waals surface area contributed by atoms with Crippen molar-refractivity contribution in [2.24, 2.45) is 0 Å². The first-order valence-corrected chi connectivity index (χ1v) is 8.87. The normalized spacial score (nSPS) is 16.3. The van der Waals surface area contributed by atoms with Crippen molar-refractivity contribution in [1.82, 2.24) is 10.6 Å². The first-order chi connectivity index (χ1) is 13.0. The van der Waals surface area contributed by atoms with Crippen molar-refractivity contribution >= 4 is 17.6 Å². The molecular weight excluding hydrogens is 349 g/mol. The van der Waals surface area contributed by atoms with E-state index < -0.39 is 0 Å². The van der Waals surface area contributed by atoms with Crippen molar-refractivity contribution in [3.05, 3.63) is 59.9 Å². The molecule has 1 aliphatic rings. The molecule has 1 atom stereocenters. The van der Waals surface area contributed by atoms with Crippen LogP contribution in [0.15, 0.2) is 48.5 Å². The van der Waals surface area contributed by atoms with Crippen LogP contribution in [-0.4, -0.2) is 31.1 Å². The number of urea groups is 1. The zero-order valence-corrected chi connectivity index (χ0v) is 15.1. The Balaban J connectivity index is 1.50. The van der Waals surface area contributed by atoms with Crippen molar-refractivity contribution < 1.29 is 18.7 Å². The summed E-state index contributed by atoms with van der Waals surface area (Å²) in [7, 11) is 0. The second-order valence-electron chi connectivity index (χ2n) is 6.29. The van der Waals surface area contributed by atoms with E-state index in [4.69, 9.17) is 4.74 Å². The van der Waals surface area contributed by atoms with E-state index in [1.54, 1.807) is 17.0 Å². The zero-order chi connectivity index (χ0) is 19.2. The van der Waals surface area contributed by atoms with Gasteiger partial charge in [-0.25, -0.2) is 9.18 Å². The summed E-state index contributed by atoms with van der Waals surface area (Å²) in [4.78, 5) is 26.0. The Morgan fingerprint density at radius 1 is 1.19 bits per heavy atom. The number of carbonyl (C=O) groups is 2. The number of halogens is 1. The highest BCUT2D eigenvalue weighted by atomic mass is 19.1. The SMILES string of the molecule is CCOc1ccc(N2CC(NC(=O)NCc3ccc(F)cc3)CC2=O)cc1. The standard InChI is InChI=1S/C20H22FN3O3/c1-2-27-18-9-7-17(8-10-18)24-13-16(11-19(24)25)23-20(26)22-12-14-3-5-15(21)6-4-14/h3-10,16H,2,11-13H2,1H3,(H2,22,23,26). The van der Waals surface area contributed by atoms with E-state index in [2.05, 4.69) is 10.6 Å². The maximum Gasteiger partial charge on any atom is 0.315 e. The fourth-order valence-electron chi connectivity index (χ4n) is 2.96. The fourth-order valence-corrected chi connectivity index (χ4v) is 2.96. The maximum atomic E-state index is 12.9. The van der Waals surface area contributed by atoms with Crippen LogP contribution in [0, 0.1) is 5.82 Å². The Labute approximate surface area is 157 Å². The van der Waals surface area contributed by atoms with Gasteiger partial charge in [-0.2, -0.15) is 0 Å². The molecule has 0 spiro atoms. The van der Waals surface area contributed by atoms with Crippen molar-refractivity contribution in [2.45, 2.75) is 25.9 Å². The average Bonchev–Trinajstić information content (AvgIpc) is 3.02. The van der Waals surface area contributed by atoms with Gasteiger partial charge in [-0.3, -0.25) is 4.79 Å². The highest BCUT2D eigenvalue weighted by Crippen LogP contribution is 2.24. The summed E-state index contributed by atoms with van der Waals surface area (Å²) in [5.41, 5.74) is 1.57. The molecule has 6 nitrogen and oxygen atoms in total. The Hall–Kier alpha value is -3.09. The highest BCUT2D eigenvalue weighted by Gasteiger charge is 2.31. The van der Waals surface area contributed by atoms with Crippen LogP contribution >= 0.6 is 0 Å². The molecule has 0 saturated carbocycles. The molecule has 2 aromatic carbocycles. The van der Waals surface area contributed by atoms with Crippen LogP contribution in [0.1, 0.15) is 18.9 Å². The number of nitrogens with one attached hydrogen (secondary N) is 2. The third-order valence-corrected chi connectivity index (χ3v) is 4.29. The molecule has 2 N–H and O–H groups in total. The van der Waals surface area contributed by atoms with E-state index in [0.29, 0.717) is 13.2 Å². The topological polar surface area (TPSA) is 70.7 Å². The number of ether oxygens (including phenoxy) is 1. The summed E-state index contributed by atoms with van der Waals surface area (Å²) in [6.07, 6.45) is 0.247. The van der Waals surface area contributed by atoms with Gasteiger partial charge in [0.05, 0.1) is 12.6 Å². The van der Waals surface area contributed by atoms with E-state index in [0.717, 1.165) is 17.0 Å². The Morgan fingerprint density at radius 3 is 2.56 bits per heavy atom. The van der Waals surface area contributed by atoms with Gasteiger partial charge in [-0.05, 0) is 48.9 Å². The predicted octanol–water partition coefficient (Wildman–Crippen LogP) is 2.83. The van der Waals surface area contributed by atoms with E-state index in [1.165, 1.54) is 12.1 Å². The first-order valence-electron chi connectivity index (χ1n) is 8.87. The lowest BCUT2D eigenvalue weighted by molar-refractivity contribution is -0.117. The third-order valence-electron chi connectivity index (χ3n) is 4.29. The van der Waals surface area contributed by atoms with E-state index in [-0.39, 0.29) is 36.8 Å². The average molecular weight is 371 g/mol. The summed E-state index contributed by atoms with van der Waals surface area (Å²) in [5, 5.41) is 5.53. The zero-order valence-electron chi connectivity index (χ0n) is 15.1. The third kappa shape index (κ3) is 4.97. The number of nitrogens with zero attached hydrogens (tertiary/aromatic N) is 1. The lowest BCUT2D eigenvalue weighted by atomic mass is 10.2. The van der Waals surface area contributed by atoms with Crippen molar-refractivity contribution in [1.29, 1.82) is 0 Å². The minimum Gasteiger partial charge on any atom is -0.494 e. The summed E-state index contributed by atoms with van der Waals surface area (Å²) in [6.45, 7) is 3.20. The van der Waals surface area contributed by atoms with Crippen LogP contribution in [-0.2, 0) is 11.3 Å². The number of amides is 3. The molecule has 1 heterocycles. The predicted molar refractivity (Wildman–Crippen MR) is 100 cm³/mol. The summed E-state index contributed by atoms with van der Waals surface area (Å²) < 4.78 is 18.3. The van der Waals surface area contributed by atoms with Gasteiger partial charge in [0.15, 0.2) is 0 Å². The second-order valence-corrected chi connectivity index (χ2v) is 6.29. The number of carbonyl (C=O) groups excluding carboxylic acids is 2. The molecule has 0 bridgehead atoms. The minimum atomic E-state index is -0.356. The van der Waals surface area contributed by atoms with Gasteiger partial charge in [-0.1, -0.05) is 12.1 Å². The van der Waals surface area contributed by atoms with Gasteiger partial charge in [0, 0.05) is 25.2 Å². The van der Waals surface area contributed by atoms with Crippen molar-refractivity contribution in [3.8, 4) is 5.75 Å². The molecule has 0 aliphatic carbocycles. The molecule has 3 rings (SSSR count). The van der Waals surface area contributed by atoms with E-state index in [1.807, 2.05) is 31.2 Å². The molecule has 1 aliphatic heterocycles. The maximum absolute atomic E-state index is 12.9. The Morgan fingerprint density at radius 2 is 1.89 bits per heavy atom. The van der Waals surface area contributed by atoms with E-state index >= 15 is 0 Å². The van der Waals surface area contributed by atoms with Crippen LogP contribution in [0.5, 0.6) is 5.75 Å². The van der Waals surface area contributed by atoms with Crippen molar-refractivity contribution in [3.63, 3.8) is 0 Å². The second kappa shape index (κ2) is 8.53. The Bertz CT molecular complexity index is 793. The number of benzene rings is 2.